The third kappa shape index (κ3) is 3.59. The topological polar surface area (TPSA) is 89.2 Å². The first-order valence-electron chi connectivity index (χ1n) is 9.39. The Balaban J connectivity index is 1.95. The van der Waals surface area contributed by atoms with E-state index in [0.717, 1.165) is 0 Å². The molecule has 3 aromatic rings. The molecule has 0 saturated carbocycles. The van der Waals surface area contributed by atoms with Crippen LogP contribution >= 0.6 is 23.2 Å². The number of carbonyl (C=O) groups excluding carboxylic acids is 2. The fourth-order valence-corrected chi connectivity index (χ4v) is 4.22. The predicted molar refractivity (Wildman–Crippen MR) is 119 cm³/mol. The summed E-state index contributed by atoms with van der Waals surface area (Å²) in [4.78, 5) is 27.4. The van der Waals surface area contributed by atoms with E-state index in [9.17, 15) is 14.7 Å². The summed E-state index contributed by atoms with van der Waals surface area (Å²) in [5.41, 5.74) is 0.316. The maximum absolute atomic E-state index is 13.1. The fraction of sp³-hybridized carbons (Fsp3) is 0.130. The first-order valence-corrected chi connectivity index (χ1v) is 10.1. The van der Waals surface area contributed by atoms with Crippen LogP contribution in [0.3, 0.4) is 0 Å². The molecule has 164 valence electrons. The number of hydrogen-bond donors (Lipinski definition) is 1. The van der Waals surface area contributed by atoms with Gasteiger partial charge in [0.05, 0.1) is 36.6 Å². The second-order valence-corrected chi connectivity index (χ2v) is 7.69. The normalized spacial score (nSPS) is 17.6. The molecule has 0 radical (unpaired) electrons. The van der Waals surface area contributed by atoms with Gasteiger partial charge in [-0.05, 0) is 48.5 Å². The molecule has 0 aliphatic carbocycles. The van der Waals surface area contributed by atoms with E-state index in [4.69, 9.17) is 37.1 Å². The van der Waals surface area contributed by atoms with E-state index >= 15 is 0 Å². The first kappa shape index (κ1) is 21.8. The molecule has 0 spiro atoms. The number of aliphatic hydroxyl groups excluding tert-OH is 1. The van der Waals surface area contributed by atoms with Gasteiger partial charge >= 0.3 is 0 Å². The number of rotatable bonds is 5. The molecule has 1 saturated heterocycles. The van der Waals surface area contributed by atoms with E-state index in [-0.39, 0.29) is 32.7 Å². The second-order valence-electron chi connectivity index (χ2n) is 6.85. The Labute approximate surface area is 193 Å². The minimum Gasteiger partial charge on any atom is -0.507 e. The Morgan fingerprint density at radius 1 is 1.06 bits per heavy atom. The number of halogens is 2. The molecule has 2 aromatic carbocycles. The Kier molecular flexibility index (Phi) is 5.86. The number of carbonyl (C=O) groups is 2. The molecule has 2 heterocycles. The lowest BCUT2D eigenvalue weighted by Gasteiger charge is -2.23. The Hall–Kier alpha value is -3.42. The Morgan fingerprint density at radius 2 is 1.78 bits per heavy atom. The van der Waals surface area contributed by atoms with Crippen molar-refractivity contribution in [2.45, 2.75) is 6.04 Å². The summed E-state index contributed by atoms with van der Waals surface area (Å²) >= 11 is 12.3. The Bertz CT molecular complexity index is 1220. The molecule has 1 amide bonds. The highest BCUT2D eigenvalue weighted by Crippen LogP contribution is 2.45. The number of ether oxygens (including phenoxy) is 2. The quantitative estimate of drug-likeness (QED) is 0.310. The number of methoxy groups -OCH3 is 2. The second kappa shape index (κ2) is 8.61. The minimum atomic E-state index is -1.03. The van der Waals surface area contributed by atoms with Crippen LogP contribution < -0.4 is 14.4 Å². The number of benzene rings is 2. The van der Waals surface area contributed by atoms with Crippen molar-refractivity contribution >= 4 is 46.3 Å². The van der Waals surface area contributed by atoms with Crippen LogP contribution in [-0.4, -0.2) is 31.0 Å². The molecular weight excluding hydrogens is 457 g/mol. The van der Waals surface area contributed by atoms with Gasteiger partial charge in [-0.25, -0.2) is 0 Å². The molecule has 4 rings (SSSR count). The highest BCUT2D eigenvalue weighted by molar-refractivity contribution is 6.51. The summed E-state index contributed by atoms with van der Waals surface area (Å²) in [6.07, 6.45) is 1.42. The van der Waals surface area contributed by atoms with Gasteiger partial charge in [0.15, 0.2) is 0 Å². The zero-order valence-electron chi connectivity index (χ0n) is 17.0. The standard InChI is InChI=1S/C23H17Cl2NO6/c1-30-14-7-5-13(6-8-14)26-19(17-4-3-9-32-17)18(21(28)23(26)29)20(27)15-10-12(24)11-16(25)22(15)31-2/h3-11,19,27H,1-2H3/b20-18-. The van der Waals surface area contributed by atoms with Crippen molar-refractivity contribution in [3.8, 4) is 11.5 Å². The summed E-state index contributed by atoms with van der Waals surface area (Å²) in [7, 11) is 2.89. The number of aliphatic hydroxyl groups is 1. The summed E-state index contributed by atoms with van der Waals surface area (Å²) in [6.45, 7) is 0. The molecule has 1 aliphatic heterocycles. The van der Waals surface area contributed by atoms with Gasteiger partial charge in [-0.15, -0.1) is 0 Å². The van der Waals surface area contributed by atoms with Crippen LogP contribution in [0.25, 0.3) is 5.76 Å². The SMILES string of the molecule is COc1ccc(N2C(=O)C(=O)/C(=C(\O)c3cc(Cl)cc(Cl)c3OC)C2c2ccco2)cc1. The van der Waals surface area contributed by atoms with Crippen molar-refractivity contribution in [1.29, 1.82) is 0 Å². The summed E-state index contributed by atoms with van der Waals surface area (Å²) in [5, 5.41) is 11.6. The third-order valence-corrected chi connectivity index (χ3v) is 5.57. The van der Waals surface area contributed by atoms with Crippen molar-refractivity contribution < 1.29 is 28.6 Å². The van der Waals surface area contributed by atoms with E-state index in [1.807, 2.05) is 0 Å². The molecule has 1 atom stereocenters. The lowest BCUT2D eigenvalue weighted by molar-refractivity contribution is -0.132. The van der Waals surface area contributed by atoms with E-state index < -0.39 is 23.5 Å². The predicted octanol–water partition coefficient (Wildman–Crippen LogP) is 5.23. The van der Waals surface area contributed by atoms with Gasteiger partial charge in [0, 0.05) is 10.7 Å². The zero-order valence-corrected chi connectivity index (χ0v) is 18.5. The van der Waals surface area contributed by atoms with E-state index in [0.29, 0.717) is 11.4 Å². The lowest BCUT2D eigenvalue weighted by atomic mass is 9.98. The molecule has 32 heavy (non-hydrogen) atoms. The molecule has 1 aliphatic rings. The number of nitrogens with zero attached hydrogens (tertiary/aromatic N) is 1. The Morgan fingerprint density at radius 3 is 2.38 bits per heavy atom. The maximum atomic E-state index is 13.1. The van der Waals surface area contributed by atoms with E-state index in [1.54, 1.807) is 36.4 Å². The van der Waals surface area contributed by atoms with Crippen LogP contribution in [0.4, 0.5) is 5.69 Å². The van der Waals surface area contributed by atoms with Crippen molar-refractivity contribution in [1.82, 2.24) is 0 Å². The number of ketones is 1. The number of hydrogen-bond acceptors (Lipinski definition) is 6. The summed E-state index contributed by atoms with van der Waals surface area (Å²) < 4.78 is 16.0. The van der Waals surface area contributed by atoms with Gasteiger partial charge < -0.3 is 19.0 Å². The lowest BCUT2D eigenvalue weighted by Crippen LogP contribution is -2.29. The fourth-order valence-electron chi connectivity index (χ4n) is 3.65. The summed E-state index contributed by atoms with van der Waals surface area (Å²) in [6, 6.07) is 11.7. The third-order valence-electron chi connectivity index (χ3n) is 5.08. The smallest absolute Gasteiger partial charge is 0.300 e. The van der Waals surface area contributed by atoms with Gasteiger partial charge in [-0.3, -0.25) is 14.5 Å². The van der Waals surface area contributed by atoms with Crippen molar-refractivity contribution in [2.75, 3.05) is 19.1 Å². The van der Waals surface area contributed by atoms with Gasteiger partial charge in [-0.2, -0.15) is 0 Å². The van der Waals surface area contributed by atoms with Gasteiger partial charge in [-0.1, -0.05) is 23.2 Å². The van der Waals surface area contributed by atoms with Crippen LogP contribution in [0.2, 0.25) is 10.0 Å². The van der Waals surface area contributed by atoms with Gasteiger partial charge in [0.2, 0.25) is 0 Å². The van der Waals surface area contributed by atoms with Crippen LogP contribution in [0, 0.1) is 0 Å². The number of amides is 1. The maximum Gasteiger partial charge on any atom is 0.300 e. The van der Waals surface area contributed by atoms with E-state index in [2.05, 4.69) is 0 Å². The van der Waals surface area contributed by atoms with Crippen molar-refractivity contribution in [2.24, 2.45) is 0 Å². The van der Waals surface area contributed by atoms with Crippen LogP contribution in [0.5, 0.6) is 11.5 Å². The van der Waals surface area contributed by atoms with Crippen LogP contribution in [0.15, 0.2) is 64.8 Å². The van der Waals surface area contributed by atoms with Crippen molar-refractivity contribution in [3.05, 3.63) is 81.7 Å². The number of furan rings is 1. The highest BCUT2D eigenvalue weighted by atomic mass is 35.5. The molecule has 0 bridgehead atoms. The number of Topliss-reactive ketones (excluding diaryl/α,β-unsaturated/α-hetero) is 1. The zero-order chi connectivity index (χ0) is 23.0. The molecule has 9 heteroatoms. The molecule has 1 fully saturated rings. The average Bonchev–Trinajstić information content (AvgIpc) is 3.40. The van der Waals surface area contributed by atoms with Gasteiger partial charge in [0.1, 0.15) is 29.1 Å². The molecular formula is C23H17Cl2NO6. The molecule has 7 nitrogen and oxygen atoms in total. The van der Waals surface area contributed by atoms with Gasteiger partial charge in [0.25, 0.3) is 11.7 Å². The summed E-state index contributed by atoms with van der Waals surface area (Å²) in [5.74, 6) is -1.22. The largest absolute Gasteiger partial charge is 0.507 e. The van der Waals surface area contributed by atoms with Crippen LogP contribution in [0.1, 0.15) is 17.4 Å². The first-order chi connectivity index (χ1) is 15.4. The minimum absolute atomic E-state index is 0.0780. The molecule has 1 aromatic heterocycles. The molecule has 1 N–H and O–H groups in total. The molecule has 1 unspecified atom stereocenters. The number of anilines is 1. The van der Waals surface area contributed by atoms with Crippen molar-refractivity contribution in [3.63, 3.8) is 0 Å². The van der Waals surface area contributed by atoms with E-state index in [1.165, 1.54) is 37.5 Å². The average molecular weight is 474 g/mol. The highest BCUT2D eigenvalue weighted by Gasteiger charge is 2.48. The van der Waals surface area contributed by atoms with Crippen LogP contribution in [-0.2, 0) is 9.59 Å². The monoisotopic (exact) mass is 473 g/mol.